The Morgan fingerprint density at radius 3 is 2.91 bits per heavy atom. The molecule has 1 rings (SSSR count). The van der Waals surface area contributed by atoms with Crippen molar-refractivity contribution in [2.45, 2.75) is 31.6 Å². The van der Waals surface area contributed by atoms with E-state index in [1.54, 1.807) is 11.3 Å². The fourth-order valence-electron chi connectivity index (χ4n) is 0.968. The lowest BCUT2D eigenvalue weighted by molar-refractivity contribution is 0.670. The van der Waals surface area contributed by atoms with Gasteiger partial charge in [0.2, 0.25) is 0 Å². The summed E-state index contributed by atoms with van der Waals surface area (Å²) in [6.07, 6.45) is 2.83. The molecule has 1 heterocycles. The van der Waals surface area contributed by atoms with Crippen molar-refractivity contribution in [3.8, 4) is 0 Å². The van der Waals surface area contributed by atoms with Crippen LogP contribution in [-0.2, 0) is 0 Å². The second-order valence-electron chi connectivity index (χ2n) is 2.58. The number of hydrogen-bond acceptors (Lipinski definition) is 2. The second-order valence-corrected chi connectivity index (χ2v) is 4.07. The van der Waals surface area contributed by atoms with E-state index in [1.807, 2.05) is 11.6 Å². The first kappa shape index (κ1) is 9.01. The molecule has 1 nitrogen and oxygen atoms in total. The number of rotatable bonds is 3. The Hall–Kier alpha value is -0.0800. The summed E-state index contributed by atoms with van der Waals surface area (Å²) in [5, 5.41) is 3.36. The van der Waals surface area contributed by atoms with Gasteiger partial charge in [-0.25, -0.2) is 4.98 Å². The molecule has 3 heteroatoms. The van der Waals surface area contributed by atoms with E-state index in [0.717, 1.165) is 11.4 Å². The minimum absolute atomic E-state index is 0.223. The van der Waals surface area contributed by atoms with E-state index < -0.39 is 0 Å². The van der Waals surface area contributed by atoms with Crippen molar-refractivity contribution in [3.05, 3.63) is 16.6 Å². The lowest BCUT2D eigenvalue weighted by Crippen LogP contribution is -2.07. The largest absolute Gasteiger partial charge is 0.249 e. The highest BCUT2D eigenvalue weighted by Crippen LogP contribution is 2.26. The molecule has 2 atom stereocenters. The zero-order chi connectivity index (χ0) is 8.27. The summed E-state index contributed by atoms with van der Waals surface area (Å²) in [6, 6.07) is 0. The Bertz CT molecular complexity index is 198. The topological polar surface area (TPSA) is 12.9 Å². The van der Waals surface area contributed by atoms with Gasteiger partial charge in [-0.2, -0.15) is 0 Å². The highest BCUT2D eigenvalue weighted by Gasteiger charge is 2.16. The van der Waals surface area contributed by atoms with Crippen molar-refractivity contribution in [2.24, 2.45) is 0 Å². The Kier molecular flexibility index (Phi) is 3.34. The average molecular weight is 190 g/mol. The van der Waals surface area contributed by atoms with Crippen molar-refractivity contribution >= 4 is 22.9 Å². The van der Waals surface area contributed by atoms with E-state index >= 15 is 0 Å². The first-order valence-electron chi connectivity index (χ1n) is 3.79. The predicted molar refractivity (Wildman–Crippen MR) is 50.5 cm³/mol. The maximum absolute atomic E-state index is 6.07. The van der Waals surface area contributed by atoms with E-state index in [1.165, 1.54) is 0 Å². The molecule has 0 spiro atoms. The fourth-order valence-corrected chi connectivity index (χ4v) is 1.92. The Balaban J connectivity index is 2.62. The summed E-state index contributed by atoms with van der Waals surface area (Å²) in [7, 11) is 0. The minimum Gasteiger partial charge on any atom is -0.249 e. The molecule has 2 unspecified atom stereocenters. The van der Waals surface area contributed by atoms with Gasteiger partial charge in [0.05, 0.1) is 5.01 Å². The van der Waals surface area contributed by atoms with Crippen LogP contribution in [-0.4, -0.2) is 10.4 Å². The summed E-state index contributed by atoms with van der Waals surface area (Å²) in [4.78, 5) is 4.22. The smallest absolute Gasteiger partial charge is 0.0967 e. The zero-order valence-electron chi connectivity index (χ0n) is 6.75. The average Bonchev–Trinajstić information content (AvgIpc) is 2.53. The van der Waals surface area contributed by atoms with Crippen LogP contribution in [0.4, 0.5) is 0 Å². The van der Waals surface area contributed by atoms with Gasteiger partial charge in [0.25, 0.3) is 0 Å². The normalized spacial score (nSPS) is 16.3. The van der Waals surface area contributed by atoms with Gasteiger partial charge >= 0.3 is 0 Å². The molecule has 62 valence electrons. The molecule has 0 radical (unpaired) electrons. The first-order chi connectivity index (χ1) is 5.25. The molecule has 0 amide bonds. The van der Waals surface area contributed by atoms with Crippen molar-refractivity contribution < 1.29 is 0 Å². The highest BCUT2D eigenvalue weighted by molar-refractivity contribution is 7.09. The van der Waals surface area contributed by atoms with Crippen LogP contribution in [0.2, 0.25) is 0 Å². The molecule has 0 fully saturated rings. The van der Waals surface area contributed by atoms with Crippen LogP contribution < -0.4 is 0 Å². The molecule has 0 bridgehead atoms. The Morgan fingerprint density at radius 1 is 1.73 bits per heavy atom. The monoisotopic (exact) mass is 189 g/mol. The molecule has 0 N–H and O–H groups in total. The van der Waals surface area contributed by atoms with Gasteiger partial charge in [-0.3, -0.25) is 0 Å². The number of hydrogen-bond donors (Lipinski definition) is 0. The standard InChI is InChI=1S/C8H12ClNS/c1-3-7(9)6(2)8-10-4-5-11-8/h4-7H,3H2,1-2H3. The van der Waals surface area contributed by atoms with E-state index in [2.05, 4.69) is 18.8 Å². The highest BCUT2D eigenvalue weighted by atomic mass is 35.5. The predicted octanol–water partition coefficient (Wildman–Crippen LogP) is 3.26. The number of aromatic nitrogens is 1. The SMILES string of the molecule is CCC(Cl)C(C)c1nccs1. The fraction of sp³-hybridized carbons (Fsp3) is 0.625. The van der Waals surface area contributed by atoms with E-state index in [0.29, 0.717) is 5.92 Å². The molecule has 0 aliphatic rings. The van der Waals surface area contributed by atoms with Crippen LogP contribution in [0.5, 0.6) is 0 Å². The molecule has 0 aromatic carbocycles. The van der Waals surface area contributed by atoms with E-state index in [-0.39, 0.29) is 5.38 Å². The van der Waals surface area contributed by atoms with Gasteiger partial charge < -0.3 is 0 Å². The molecule has 1 aromatic rings. The van der Waals surface area contributed by atoms with Crippen molar-refractivity contribution in [2.75, 3.05) is 0 Å². The molecule has 0 saturated heterocycles. The first-order valence-corrected chi connectivity index (χ1v) is 5.10. The third kappa shape index (κ3) is 2.17. The van der Waals surface area contributed by atoms with E-state index in [9.17, 15) is 0 Å². The van der Waals surface area contributed by atoms with Gasteiger partial charge in [0, 0.05) is 22.9 Å². The quantitative estimate of drug-likeness (QED) is 0.666. The van der Waals surface area contributed by atoms with Crippen molar-refractivity contribution in [1.29, 1.82) is 0 Å². The Morgan fingerprint density at radius 2 is 2.45 bits per heavy atom. The lowest BCUT2D eigenvalue weighted by Gasteiger charge is -2.12. The molecular formula is C8H12ClNS. The van der Waals surface area contributed by atoms with Crippen LogP contribution in [0.25, 0.3) is 0 Å². The maximum atomic E-state index is 6.07. The van der Waals surface area contributed by atoms with Crippen LogP contribution in [0.1, 0.15) is 31.2 Å². The Labute approximate surface area is 76.4 Å². The van der Waals surface area contributed by atoms with Crippen LogP contribution in [0, 0.1) is 0 Å². The summed E-state index contributed by atoms with van der Waals surface area (Å²) >= 11 is 7.75. The third-order valence-electron chi connectivity index (χ3n) is 1.77. The van der Waals surface area contributed by atoms with Gasteiger partial charge in [-0.05, 0) is 6.42 Å². The summed E-state index contributed by atoms with van der Waals surface area (Å²) in [5.41, 5.74) is 0. The number of halogens is 1. The second kappa shape index (κ2) is 4.07. The number of nitrogens with zero attached hydrogens (tertiary/aromatic N) is 1. The molecule has 0 aliphatic carbocycles. The van der Waals surface area contributed by atoms with E-state index in [4.69, 9.17) is 11.6 Å². The van der Waals surface area contributed by atoms with Crippen molar-refractivity contribution in [1.82, 2.24) is 4.98 Å². The molecule has 0 aliphatic heterocycles. The summed E-state index contributed by atoms with van der Waals surface area (Å²) < 4.78 is 0. The number of thiazole rings is 1. The zero-order valence-corrected chi connectivity index (χ0v) is 8.32. The number of alkyl halides is 1. The summed E-state index contributed by atoms with van der Waals surface area (Å²) in [5.74, 6) is 0.390. The maximum Gasteiger partial charge on any atom is 0.0967 e. The molecule has 1 aromatic heterocycles. The molecular weight excluding hydrogens is 178 g/mol. The van der Waals surface area contributed by atoms with Crippen LogP contribution in [0.15, 0.2) is 11.6 Å². The van der Waals surface area contributed by atoms with Gasteiger partial charge in [-0.1, -0.05) is 13.8 Å². The van der Waals surface area contributed by atoms with Crippen molar-refractivity contribution in [3.63, 3.8) is 0 Å². The van der Waals surface area contributed by atoms with Gasteiger partial charge in [0.1, 0.15) is 0 Å². The third-order valence-corrected chi connectivity index (χ3v) is 3.44. The summed E-state index contributed by atoms with van der Waals surface area (Å²) in [6.45, 7) is 4.22. The van der Waals surface area contributed by atoms with Crippen LogP contribution in [0.3, 0.4) is 0 Å². The molecule has 0 saturated carbocycles. The molecule has 11 heavy (non-hydrogen) atoms. The minimum atomic E-state index is 0.223. The van der Waals surface area contributed by atoms with Crippen LogP contribution >= 0.6 is 22.9 Å². The lowest BCUT2D eigenvalue weighted by atomic mass is 10.1. The van der Waals surface area contributed by atoms with Gasteiger partial charge in [-0.15, -0.1) is 22.9 Å². The van der Waals surface area contributed by atoms with Gasteiger partial charge in [0.15, 0.2) is 0 Å².